The molecule has 0 aromatic heterocycles. The summed E-state index contributed by atoms with van der Waals surface area (Å²) in [7, 11) is -0.578. The maximum Gasteiger partial charge on any atom is 0.488 e. The van der Waals surface area contributed by atoms with E-state index in [1.807, 2.05) is 43.4 Å². The van der Waals surface area contributed by atoms with Crippen molar-refractivity contribution in [3.8, 4) is 0 Å². The number of amides is 1. The van der Waals surface area contributed by atoms with E-state index in [9.17, 15) is 24.4 Å². The molecule has 15 heteroatoms. The first-order chi connectivity index (χ1) is 25.9. The van der Waals surface area contributed by atoms with Crippen LogP contribution in [0.25, 0.3) is 0 Å². The van der Waals surface area contributed by atoms with Crippen LogP contribution in [-0.4, -0.2) is 89.9 Å². The Morgan fingerprint density at radius 1 is 0.593 bits per heavy atom. The van der Waals surface area contributed by atoms with E-state index in [1.54, 1.807) is 36.2 Å². The summed E-state index contributed by atoms with van der Waals surface area (Å²) in [6.45, 7) is 1.69. The highest BCUT2D eigenvalue weighted by Gasteiger charge is 2.26. The van der Waals surface area contributed by atoms with Crippen LogP contribution in [0.5, 0.6) is 0 Å². The summed E-state index contributed by atoms with van der Waals surface area (Å²) in [6.07, 6.45) is 1.92. The Balaban J connectivity index is 0.000000234. The molecule has 1 amide bonds. The summed E-state index contributed by atoms with van der Waals surface area (Å²) >= 11 is 10.7. The molecule has 0 aliphatic carbocycles. The minimum Gasteiger partial charge on any atom is -0.443 e. The molecule has 0 atom stereocenters. The lowest BCUT2D eigenvalue weighted by Gasteiger charge is -2.17. The highest BCUT2D eigenvalue weighted by Crippen LogP contribution is 2.07. The number of halogens is 2. The largest absolute Gasteiger partial charge is 0.488 e. The van der Waals surface area contributed by atoms with Crippen molar-refractivity contribution in [2.24, 2.45) is 0 Å². The predicted molar refractivity (Wildman–Crippen MR) is 217 cm³/mol. The van der Waals surface area contributed by atoms with Crippen LogP contribution >= 0.6 is 23.2 Å². The van der Waals surface area contributed by atoms with Crippen molar-refractivity contribution in [1.82, 2.24) is 10.2 Å². The Morgan fingerprint density at radius 3 is 1.37 bits per heavy atom. The maximum absolute atomic E-state index is 12.2. The van der Waals surface area contributed by atoms with E-state index in [-0.39, 0.29) is 17.0 Å². The molecule has 10 nitrogen and oxygen atoms in total. The minimum atomic E-state index is -1.51. The van der Waals surface area contributed by atoms with Crippen molar-refractivity contribution < 1.29 is 39.1 Å². The van der Waals surface area contributed by atoms with E-state index < -0.39 is 31.8 Å². The van der Waals surface area contributed by atoms with Crippen LogP contribution in [0.2, 0.25) is 0 Å². The molecule has 0 aliphatic rings. The van der Waals surface area contributed by atoms with Gasteiger partial charge < -0.3 is 34.9 Å². The van der Waals surface area contributed by atoms with E-state index in [0.717, 1.165) is 19.4 Å². The van der Waals surface area contributed by atoms with Gasteiger partial charge in [-0.05, 0) is 89.3 Å². The number of benzene rings is 5. The van der Waals surface area contributed by atoms with Crippen molar-refractivity contribution in [3.63, 3.8) is 0 Å². The molecular weight excluding hydrogens is 728 g/mol. The van der Waals surface area contributed by atoms with Crippen LogP contribution in [0.15, 0.2) is 133 Å². The van der Waals surface area contributed by atoms with Crippen LogP contribution in [-0.2, 0) is 17.4 Å². The molecule has 0 fully saturated rings. The number of hydrogen-bond acceptors (Lipinski definition) is 9. The molecule has 0 saturated heterocycles. The Hall–Kier alpha value is -4.56. The van der Waals surface area contributed by atoms with Crippen molar-refractivity contribution in [2.45, 2.75) is 12.8 Å². The highest BCUT2D eigenvalue weighted by molar-refractivity contribution is 6.73. The zero-order valence-corrected chi connectivity index (χ0v) is 31.4. The van der Waals surface area contributed by atoms with Crippen LogP contribution < -0.4 is 21.7 Å². The van der Waals surface area contributed by atoms with Gasteiger partial charge in [0.05, 0.1) is 0 Å². The van der Waals surface area contributed by atoms with Gasteiger partial charge in [-0.1, -0.05) is 121 Å². The van der Waals surface area contributed by atoms with Gasteiger partial charge in [0, 0.05) is 30.3 Å². The van der Waals surface area contributed by atoms with Gasteiger partial charge in [0.25, 0.3) is 16.4 Å². The molecule has 0 unspecified atom stereocenters. The lowest BCUT2D eigenvalue weighted by atomic mass is 9.71. The molecule has 0 bridgehead atoms. The van der Waals surface area contributed by atoms with Crippen molar-refractivity contribution in [3.05, 3.63) is 161 Å². The Kier molecular flexibility index (Phi) is 18.9. The van der Waals surface area contributed by atoms with Gasteiger partial charge in [0.1, 0.15) is 0 Å². The SMILES string of the molecule is CN(CCc1ccccc1)C(=O)c1ccc(B(O)O)cc1.CNCCc1ccccc1.O=C(Cl)c1ccc(B(O)OB(O)c2ccc(C(=O)Cl)cc2)cc1. The molecular formula is C39H41B3Cl2N2O8. The monoisotopic (exact) mass is 768 g/mol. The second kappa shape index (κ2) is 23.3. The van der Waals surface area contributed by atoms with Crippen LogP contribution in [0, 0.1) is 0 Å². The molecule has 0 radical (unpaired) electrons. The van der Waals surface area contributed by atoms with Crippen molar-refractivity contribution in [2.75, 3.05) is 27.2 Å². The number of carbonyl (C=O) groups excluding carboxylic acids is 3. The van der Waals surface area contributed by atoms with Crippen LogP contribution in [0.1, 0.15) is 42.2 Å². The molecule has 5 N–H and O–H groups in total. The summed E-state index contributed by atoms with van der Waals surface area (Å²) in [6, 6.07) is 38.4. The van der Waals surface area contributed by atoms with E-state index in [2.05, 4.69) is 29.6 Å². The topological polar surface area (TPSA) is 157 Å². The summed E-state index contributed by atoms with van der Waals surface area (Å²) < 4.78 is 5.10. The van der Waals surface area contributed by atoms with E-state index in [0.29, 0.717) is 28.5 Å². The Bertz CT molecular complexity index is 1810. The average Bonchev–Trinajstić information content (AvgIpc) is 3.20. The number of likely N-dealkylation sites (N-methyl/N-ethyl adjacent to an activating group) is 2. The second-order valence-corrected chi connectivity index (χ2v) is 12.6. The normalized spacial score (nSPS) is 10.1. The lowest BCUT2D eigenvalue weighted by molar-refractivity contribution is 0.0796. The Morgan fingerprint density at radius 2 is 0.981 bits per heavy atom. The molecule has 0 heterocycles. The predicted octanol–water partition coefficient (Wildman–Crippen LogP) is 2.67. The van der Waals surface area contributed by atoms with Crippen LogP contribution in [0.3, 0.4) is 0 Å². The van der Waals surface area contributed by atoms with Crippen molar-refractivity contribution in [1.29, 1.82) is 0 Å². The fourth-order valence-electron chi connectivity index (χ4n) is 4.81. The zero-order valence-electron chi connectivity index (χ0n) is 29.9. The number of hydrogen-bond donors (Lipinski definition) is 5. The van der Waals surface area contributed by atoms with E-state index in [4.69, 9.17) is 37.8 Å². The summed E-state index contributed by atoms with van der Waals surface area (Å²) in [5.74, 6) is -0.0788. The quantitative estimate of drug-likeness (QED) is 0.0848. The standard InChI is InChI=1S/C16H18BNO3.C14H10B2Cl2O5.C9H13N/c1-18(12-11-13-5-3-2-4-6-13)16(19)14-7-9-15(10-8-14)17(20)21;17-13(19)9-1-5-11(6-2-9)15(21)23-16(22)12-7-3-10(4-8-12)14(18)20;1-10-8-7-9-5-3-2-4-6-9/h2-10,20-21H,11-12H2,1H3;1-8,21-22H;2-6,10H,7-8H2,1H3. The molecule has 54 heavy (non-hydrogen) atoms. The average molecular weight is 769 g/mol. The third-order valence-electron chi connectivity index (χ3n) is 7.99. The fourth-order valence-corrected chi connectivity index (χ4v) is 5.06. The maximum atomic E-state index is 12.2. The van der Waals surface area contributed by atoms with Gasteiger partial charge in [-0.3, -0.25) is 14.4 Å². The molecule has 0 aliphatic heterocycles. The van der Waals surface area contributed by atoms with Gasteiger partial charge in [0.15, 0.2) is 0 Å². The summed E-state index contributed by atoms with van der Waals surface area (Å²) in [5.41, 5.74) is 4.76. The molecule has 278 valence electrons. The van der Waals surface area contributed by atoms with E-state index in [1.165, 1.54) is 59.7 Å². The first-order valence-electron chi connectivity index (χ1n) is 16.9. The van der Waals surface area contributed by atoms with Gasteiger partial charge in [-0.2, -0.15) is 0 Å². The smallest absolute Gasteiger partial charge is 0.443 e. The Labute approximate surface area is 326 Å². The second-order valence-electron chi connectivity index (χ2n) is 11.9. The number of nitrogens with zero attached hydrogens (tertiary/aromatic N) is 1. The molecule has 0 spiro atoms. The third kappa shape index (κ3) is 15.1. The fraction of sp³-hybridized carbons (Fsp3) is 0.154. The van der Waals surface area contributed by atoms with Gasteiger partial charge >= 0.3 is 21.4 Å². The van der Waals surface area contributed by atoms with Gasteiger partial charge in [0.2, 0.25) is 0 Å². The highest BCUT2D eigenvalue weighted by atomic mass is 35.5. The number of rotatable bonds is 14. The van der Waals surface area contributed by atoms with Gasteiger partial charge in [-0.15, -0.1) is 0 Å². The van der Waals surface area contributed by atoms with Gasteiger partial charge in [-0.25, -0.2) is 0 Å². The van der Waals surface area contributed by atoms with E-state index >= 15 is 0 Å². The zero-order chi connectivity index (χ0) is 39.5. The molecule has 5 aromatic rings. The molecule has 5 rings (SSSR count). The lowest BCUT2D eigenvalue weighted by Crippen LogP contribution is -2.45. The first kappa shape index (κ1) is 43.8. The summed E-state index contributed by atoms with van der Waals surface area (Å²) in [5, 5.41) is 39.9. The number of nitrogens with one attached hydrogen (secondary N) is 1. The summed E-state index contributed by atoms with van der Waals surface area (Å²) in [4.78, 5) is 35.8. The molecule has 0 saturated carbocycles. The molecule has 5 aromatic carbocycles. The first-order valence-corrected chi connectivity index (χ1v) is 17.7. The number of carbonyl (C=O) groups is 3. The van der Waals surface area contributed by atoms with Crippen LogP contribution in [0.4, 0.5) is 0 Å². The van der Waals surface area contributed by atoms with Crippen molar-refractivity contribution >= 4 is 77.3 Å². The third-order valence-corrected chi connectivity index (χ3v) is 8.43. The minimum absolute atomic E-state index is 0.0788.